The van der Waals surface area contributed by atoms with Gasteiger partial charge in [0, 0.05) is 11.5 Å². The van der Waals surface area contributed by atoms with Crippen LogP contribution in [0.15, 0.2) is 30.3 Å². The lowest BCUT2D eigenvalue weighted by Crippen LogP contribution is -2.08. The van der Waals surface area contributed by atoms with Gasteiger partial charge in [-0.3, -0.25) is 4.79 Å². The van der Waals surface area contributed by atoms with Gasteiger partial charge in [0.2, 0.25) is 0 Å². The largest absolute Gasteiger partial charge is 0.466 e. The number of hydrogen-bond donors (Lipinski definition) is 1. The molecule has 5 heteroatoms. The van der Waals surface area contributed by atoms with Crippen LogP contribution in [0.2, 0.25) is 0 Å². The first-order valence-corrected chi connectivity index (χ1v) is 12.5. The second kappa shape index (κ2) is 18.7. The van der Waals surface area contributed by atoms with Crippen LogP contribution in [0, 0.1) is 0 Å². The smallest absolute Gasteiger partial charge is 0.306 e. The van der Waals surface area contributed by atoms with Gasteiger partial charge in [0.15, 0.2) is 0 Å². The van der Waals surface area contributed by atoms with E-state index < -0.39 is 0 Å². The Morgan fingerprint density at radius 2 is 1.52 bits per heavy atom. The lowest BCUT2D eigenvalue weighted by atomic mass is 10.1. The van der Waals surface area contributed by atoms with Crippen molar-refractivity contribution >= 4 is 29.9 Å². The molecule has 0 atom stereocenters. The highest BCUT2D eigenvalue weighted by atomic mass is 32.2. The Kier molecular flexibility index (Phi) is 16.9. The van der Waals surface area contributed by atoms with E-state index in [0.717, 1.165) is 17.9 Å². The van der Waals surface area contributed by atoms with Crippen molar-refractivity contribution in [3.63, 3.8) is 0 Å². The lowest BCUT2D eigenvalue weighted by molar-refractivity contribution is -0.143. The zero-order valence-electron chi connectivity index (χ0n) is 16.9. The minimum absolute atomic E-state index is 0.0757. The summed E-state index contributed by atoms with van der Waals surface area (Å²) in [5.41, 5.74) is 1.30. The molecule has 1 aromatic rings. The molecule has 0 saturated heterocycles. The van der Waals surface area contributed by atoms with Crippen LogP contribution in [-0.2, 0) is 15.3 Å². The van der Waals surface area contributed by atoms with Gasteiger partial charge in [0.05, 0.1) is 13.0 Å². The van der Waals surface area contributed by atoms with Crippen molar-refractivity contribution < 1.29 is 9.53 Å². The van der Waals surface area contributed by atoms with Gasteiger partial charge in [-0.1, -0.05) is 119 Å². The monoisotopic (exact) mass is 411 g/mol. The molecule has 0 aromatic heterocycles. The fraction of sp³-hybridized carbons (Fsp3) is 0.682. The molecule has 0 radical (unpaired) electrons. The van der Waals surface area contributed by atoms with E-state index in [1.807, 2.05) is 18.2 Å². The summed E-state index contributed by atoms with van der Waals surface area (Å²) in [6.45, 7) is 2.84. The Labute approximate surface area is 175 Å². The van der Waals surface area contributed by atoms with Gasteiger partial charge < -0.3 is 4.74 Å². The molecule has 27 heavy (non-hydrogen) atoms. The van der Waals surface area contributed by atoms with Gasteiger partial charge in [-0.05, 0) is 12.0 Å². The maximum atomic E-state index is 11.7. The molecule has 1 N–H and O–H groups in total. The quantitative estimate of drug-likeness (QED) is 0.161. The number of carbonyl (C=O) groups is 1. The predicted octanol–water partition coefficient (Wildman–Crippen LogP) is 6.93. The van der Waals surface area contributed by atoms with Crippen LogP contribution in [0.3, 0.4) is 0 Å². The van der Waals surface area contributed by atoms with Gasteiger partial charge in [0.25, 0.3) is 0 Å². The third-order valence-electron chi connectivity index (χ3n) is 4.37. The van der Waals surface area contributed by atoms with E-state index in [9.17, 15) is 4.79 Å². The molecule has 0 spiro atoms. The Hall–Kier alpha value is -0.650. The van der Waals surface area contributed by atoms with E-state index >= 15 is 0 Å². The third kappa shape index (κ3) is 16.0. The molecule has 0 fully saturated rings. The second-order valence-electron chi connectivity index (χ2n) is 6.86. The van der Waals surface area contributed by atoms with Crippen LogP contribution in [-0.4, -0.2) is 18.3 Å². The van der Waals surface area contributed by atoms with Gasteiger partial charge in [-0.2, -0.15) is 0 Å². The molecule has 1 aromatic carbocycles. The Balaban J connectivity index is 1.78. The first-order chi connectivity index (χ1) is 13.3. The average molecular weight is 412 g/mol. The lowest BCUT2D eigenvalue weighted by Gasteiger charge is -2.06. The summed E-state index contributed by atoms with van der Waals surface area (Å²) in [6.07, 6.45) is 13.5. The van der Waals surface area contributed by atoms with Gasteiger partial charge in [-0.25, -0.2) is 4.13 Å². The van der Waals surface area contributed by atoms with E-state index in [0.29, 0.717) is 13.0 Å². The highest BCUT2D eigenvalue weighted by Crippen LogP contribution is 2.13. The third-order valence-corrected chi connectivity index (χ3v) is 6.20. The summed E-state index contributed by atoms with van der Waals surface area (Å²) in [7, 11) is 0. The summed E-state index contributed by atoms with van der Waals surface area (Å²) in [5, 5.41) is 0. The molecule has 0 heterocycles. The Morgan fingerprint density at radius 1 is 0.889 bits per heavy atom. The molecule has 0 saturated carbocycles. The maximum Gasteiger partial charge on any atom is 0.306 e. The molecule has 0 aliphatic heterocycles. The SMILES string of the molecule is CCCCCCCCCCCCOC(=O)CCSNSCc1ccccc1. The van der Waals surface area contributed by atoms with Crippen LogP contribution in [0.25, 0.3) is 0 Å². The fourth-order valence-electron chi connectivity index (χ4n) is 2.75. The number of unbranched alkanes of at least 4 members (excludes halogenated alkanes) is 9. The first-order valence-electron chi connectivity index (χ1n) is 10.5. The summed E-state index contributed by atoms with van der Waals surface area (Å²) in [6, 6.07) is 10.4. The number of nitrogens with one attached hydrogen (secondary N) is 1. The molecule has 0 amide bonds. The van der Waals surface area contributed by atoms with Crippen LogP contribution in [0.1, 0.15) is 83.1 Å². The van der Waals surface area contributed by atoms with Gasteiger partial charge in [0.1, 0.15) is 0 Å². The van der Waals surface area contributed by atoms with Crippen molar-refractivity contribution in [3.8, 4) is 0 Å². The Morgan fingerprint density at radius 3 is 2.19 bits per heavy atom. The normalized spacial score (nSPS) is 10.9. The molecule has 3 nitrogen and oxygen atoms in total. The van der Waals surface area contributed by atoms with E-state index in [-0.39, 0.29) is 5.97 Å². The fourth-order valence-corrected chi connectivity index (χ4v) is 4.28. The summed E-state index contributed by atoms with van der Waals surface area (Å²) >= 11 is 3.23. The average Bonchev–Trinajstić information content (AvgIpc) is 2.69. The van der Waals surface area contributed by atoms with Crippen LogP contribution in [0.4, 0.5) is 0 Å². The van der Waals surface area contributed by atoms with Crippen molar-refractivity contribution in [2.75, 3.05) is 12.4 Å². The molecule has 154 valence electrons. The number of ether oxygens (including phenoxy) is 1. The minimum atomic E-state index is -0.0757. The molecule has 0 aliphatic carbocycles. The second-order valence-corrected chi connectivity index (χ2v) is 8.80. The van der Waals surface area contributed by atoms with Crippen molar-refractivity contribution in [3.05, 3.63) is 35.9 Å². The summed E-state index contributed by atoms with van der Waals surface area (Å²) in [5.74, 6) is 1.60. The zero-order valence-corrected chi connectivity index (χ0v) is 18.6. The number of esters is 1. The van der Waals surface area contributed by atoms with E-state index in [1.165, 1.54) is 63.4 Å². The molecule has 0 bridgehead atoms. The van der Waals surface area contributed by atoms with E-state index in [4.69, 9.17) is 4.74 Å². The molecule has 0 aliphatic rings. The highest BCUT2D eigenvalue weighted by Gasteiger charge is 2.03. The van der Waals surface area contributed by atoms with Crippen LogP contribution in [0.5, 0.6) is 0 Å². The zero-order chi connectivity index (χ0) is 19.4. The van der Waals surface area contributed by atoms with Crippen molar-refractivity contribution in [2.24, 2.45) is 0 Å². The standard InChI is InChI=1S/C22H37NO2S2/c1-2-3-4-5-6-7-8-9-10-14-18-25-22(24)17-19-26-23-27-20-21-15-12-11-13-16-21/h11-13,15-16,23H,2-10,14,17-20H2,1H3. The highest BCUT2D eigenvalue weighted by molar-refractivity contribution is 8.12. The van der Waals surface area contributed by atoms with E-state index in [1.54, 1.807) is 23.9 Å². The molecular weight excluding hydrogens is 374 g/mol. The number of hydrogen-bond acceptors (Lipinski definition) is 5. The van der Waals surface area contributed by atoms with E-state index in [2.05, 4.69) is 23.2 Å². The minimum Gasteiger partial charge on any atom is -0.466 e. The first kappa shape index (κ1) is 24.4. The topological polar surface area (TPSA) is 38.3 Å². The molecule has 0 unspecified atom stereocenters. The van der Waals surface area contributed by atoms with Crippen molar-refractivity contribution in [1.29, 1.82) is 0 Å². The predicted molar refractivity (Wildman–Crippen MR) is 121 cm³/mol. The van der Waals surface area contributed by atoms with Crippen molar-refractivity contribution in [2.45, 2.75) is 83.3 Å². The maximum absolute atomic E-state index is 11.7. The van der Waals surface area contributed by atoms with Crippen LogP contribution >= 0.6 is 23.9 Å². The van der Waals surface area contributed by atoms with Gasteiger partial charge in [-0.15, -0.1) is 0 Å². The summed E-state index contributed by atoms with van der Waals surface area (Å²) in [4.78, 5) is 11.7. The molecule has 1 rings (SSSR count). The number of benzene rings is 1. The van der Waals surface area contributed by atoms with Crippen LogP contribution < -0.4 is 4.13 Å². The summed E-state index contributed by atoms with van der Waals surface area (Å²) < 4.78 is 8.53. The number of carbonyl (C=O) groups excluding carboxylic acids is 1. The van der Waals surface area contributed by atoms with Crippen molar-refractivity contribution in [1.82, 2.24) is 4.13 Å². The molecular formula is C22H37NO2S2. The van der Waals surface area contributed by atoms with Gasteiger partial charge >= 0.3 is 5.97 Å². The number of rotatable bonds is 18. The Bertz CT molecular complexity index is 457.